The van der Waals surface area contributed by atoms with Gasteiger partial charge in [-0.15, -0.1) is 0 Å². The molecule has 0 radical (unpaired) electrons. The summed E-state index contributed by atoms with van der Waals surface area (Å²) in [5.74, 6) is 0.144. The summed E-state index contributed by atoms with van der Waals surface area (Å²) in [5.41, 5.74) is 5.39. The van der Waals surface area contributed by atoms with Gasteiger partial charge in [0.1, 0.15) is 5.75 Å². The van der Waals surface area contributed by atoms with Gasteiger partial charge in [0, 0.05) is 6.07 Å². The Kier molecular flexibility index (Phi) is 3.53. The normalized spacial score (nSPS) is 10.9. The highest BCUT2D eigenvalue weighted by Gasteiger charge is 2.30. The number of anilines is 1. The van der Waals surface area contributed by atoms with Gasteiger partial charge in [0.05, 0.1) is 22.9 Å². The zero-order valence-electron chi connectivity index (χ0n) is 10.1. The molecule has 2 aromatic carbocycles. The zero-order chi connectivity index (χ0) is 14.8. The molecule has 0 unspecified atom stereocenters. The number of halogens is 3. The van der Waals surface area contributed by atoms with E-state index in [2.05, 4.69) is 0 Å². The van der Waals surface area contributed by atoms with E-state index < -0.39 is 11.7 Å². The third-order valence-electron chi connectivity index (χ3n) is 2.53. The van der Waals surface area contributed by atoms with Crippen LogP contribution in [0, 0.1) is 11.3 Å². The molecule has 0 saturated heterocycles. The van der Waals surface area contributed by atoms with Crippen molar-refractivity contribution < 1.29 is 17.9 Å². The Balaban J connectivity index is 2.33. The van der Waals surface area contributed by atoms with Crippen LogP contribution in [-0.4, -0.2) is 0 Å². The SMILES string of the molecule is N#Cc1ccc(N)c(Oc2cccc(C(F)(F)F)c2)c1. The van der Waals surface area contributed by atoms with Crippen molar-refractivity contribution in [3.8, 4) is 17.6 Å². The van der Waals surface area contributed by atoms with Crippen LogP contribution in [-0.2, 0) is 6.18 Å². The first-order valence-corrected chi connectivity index (χ1v) is 5.55. The number of alkyl halides is 3. The van der Waals surface area contributed by atoms with Crippen molar-refractivity contribution in [3.63, 3.8) is 0 Å². The summed E-state index contributed by atoms with van der Waals surface area (Å²) < 4.78 is 43.1. The van der Waals surface area contributed by atoms with E-state index in [1.165, 1.54) is 30.3 Å². The Labute approximate surface area is 113 Å². The van der Waals surface area contributed by atoms with Gasteiger partial charge < -0.3 is 10.5 Å². The summed E-state index contributed by atoms with van der Waals surface area (Å²) >= 11 is 0. The average molecular weight is 278 g/mol. The van der Waals surface area contributed by atoms with E-state index in [1.54, 1.807) is 0 Å². The fraction of sp³-hybridized carbons (Fsp3) is 0.0714. The van der Waals surface area contributed by atoms with Crippen LogP contribution in [0.15, 0.2) is 42.5 Å². The summed E-state index contributed by atoms with van der Waals surface area (Å²) in [4.78, 5) is 0. The number of benzene rings is 2. The molecule has 3 nitrogen and oxygen atoms in total. The van der Waals surface area contributed by atoms with Crippen LogP contribution in [0.2, 0.25) is 0 Å². The molecule has 6 heteroatoms. The monoisotopic (exact) mass is 278 g/mol. The number of nitrogens with two attached hydrogens (primary N) is 1. The number of nitrogens with zero attached hydrogens (tertiary/aromatic N) is 1. The van der Waals surface area contributed by atoms with E-state index >= 15 is 0 Å². The van der Waals surface area contributed by atoms with E-state index in [0.717, 1.165) is 12.1 Å². The topological polar surface area (TPSA) is 59.0 Å². The highest BCUT2D eigenvalue weighted by Crippen LogP contribution is 2.34. The number of rotatable bonds is 2. The van der Waals surface area contributed by atoms with Crippen LogP contribution in [0.25, 0.3) is 0 Å². The Morgan fingerprint density at radius 1 is 1.10 bits per heavy atom. The van der Waals surface area contributed by atoms with Gasteiger partial charge in [-0.25, -0.2) is 0 Å². The maximum atomic E-state index is 12.6. The van der Waals surface area contributed by atoms with E-state index in [9.17, 15) is 13.2 Å². The lowest BCUT2D eigenvalue weighted by molar-refractivity contribution is -0.137. The average Bonchev–Trinajstić information content (AvgIpc) is 2.41. The lowest BCUT2D eigenvalue weighted by atomic mass is 10.2. The highest BCUT2D eigenvalue weighted by molar-refractivity contribution is 5.57. The quantitative estimate of drug-likeness (QED) is 0.846. The minimum absolute atomic E-state index is 0.00150. The van der Waals surface area contributed by atoms with Crippen molar-refractivity contribution in [1.29, 1.82) is 5.26 Å². The third kappa shape index (κ3) is 3.01. The molecule has 0 aliphatic heterocycles. The first-order valence-electron chi connectivity index (χ1n) is 5.55. The summed E-state index contributed by atoms with van der Waals surface area (Å²) in [6.45, 7) is 0. The molecule has 0 spiro atoms. The first-order chi connectivity index (χ1) is 9.40. The fourth-order valence-corrected chi connectivity index (χ4v) is 1.56. The van der Waals surface area contributed by atoms with Gasteiger partial charge in [0.2, 0.25) is 0 Å². The van der Waals surface area contributed by atoms with Crippen LogP contribution in [0.1, 0.15) is 11.1 Å². The first kappa shape index (κ1) is 13.7. The number of hydrogen-bond acceptors (Lipinski definition) is 3. The molecule has 20 heavy (non-hydrogen) atoms. The van der Waals surface area contributed by atoms with E-state index in [0.29, 0.717) is 5.56 Å². The third-order valence-corrected chi connectivity index (χ3v) is 2.53. The van der Waals surface area contributed by atoms with Crippen LogP contribution in [0.5, 0.6) is 11.5 Å². The minimum atomic E-state index is -4.45. The van der Waals surface area contributed by atoms with Crippen LogP contribution in [0.4, 0.5) is 18.9 Å². The predicted octanol–water partition coefficient (Wildman–Crippen LogP) is 3.95. The maximum Gasteiger partial charge on any atom is 0.416 e. The number of nitrogen functional groups attached to an aromatic ring is 1. The van der Waals surface area contributed by atoms with Crippen molar-refractivity contribution in [1.82, 2.24) is 0 Å². The number of ether oxygens (including phenoxy) is 1. The van der Waals surface area contributed by atoms with Crippen molar-refractivity contribution in [2.24, 2.45) is 0 Å². The number of hydrogen-bond donors (Lipinski definition) is 1. The molecular weight excluding hydrogens is 269 g/mol. The molecule has 0 aliphatic rings. The second-order valence-corrected chi connectivity index (χ2v) is 3.99. The van der Waals surface area contributed by atoms with Crippen molar-refractivity contribution in [2.75, 3.05) is 5.73 Å². The van der Waals surface area contributed by atoms with E-state index in [-0.39, 0.29) is 17.2 Å². The summed E-state index contributed by atoms with van der Waals surface area (Å²) in [6, 6.07) is 10.7. The minimum Gasteiger partial charge on any atom is -0.455 e. The predicted molar refractivity (Wildman–Crippen MR) is 67.1 cm³/mol. The molecular formula is C14H9F3N2O. The van der Waals surface area contributed by atoms with Gasteiger partial charge in [-0.3, -0.25) is 0 Å². The second kappa shape index (κ2) is 5.13. The molecule has 0 bridgehead atoms. The fourth-order valence-electron chi connectivity index (χ4n) is 1.56. The van der Waals surface area contributed by atoms with Gasteiger partial charge in [-0.1, -0.05) is 6.07 Å². The molecule has 0 aliphatic carbocycles. The molecule has 0 heterocycles. The molecule has 0 aromatic heterocycles. The molecule has 0 amide bonds. The molecule has 2 rings (SSSR count). The van der Waals surface area contributed by atoms with Gasteiger partial charge in [0.25, 0.3) is 0 Å². The molecule has 0 atom stereocenters. The Bertz CT molecular complexity index is 675. The molecule has 2 aromatic rings. The van der Waals surface area contributed by atoms with Crippen molar-refractivity contribution in [3.05, 3.63) is 53.6 Å². The van der Waals surface area contributed by atoms with Gasteiger partial charge in [-0.05, 0) is 30.3 Å². The lowest BCUT2D eigenvalue weighted by Gasteiger charge is -2.11. The summed E-state index contributed by atoms with van der Waals surface area (Å²) in [6.07, 6.45) is -4.45. The van der Waals surface area contributed by atoms with Gasteiger partial charge in [-0.2, -0.15) is 18.4 Å². The molecule has 0 saturated carbocycles. The summed E-state index contributed by atoms with van der Waals surface area (Å²) in [7, 11) is 0. The highest BCUT2D eigenvalue weighted by atomic mass is 19.4. The Hall–Kier alpha value is -2.68. The molecule has 0 fully saturated rings. The smallest absolute Gasteiger partial charge is 0.416 e. The van der Waals surface area contributed by atoms with Crippen molar-refractivity contribution >= 4 is 5.69 Å². The van der Waals surface area contributed by atoms with Crippen LogP contribution >= 0.6 is 0 Å². The Morgan fingerprint density at radius 3 is 2.50 bits per heavy atom. The maximum absolute atomic E-state index is 12.6. The van der Waals surface area contributed by atoms with Gasteiger partial charge in [0.15, 0.2) is 5.75 Å². The van der Waals surface area contributed by atoms with E-state index in [4.69, 9.17) is 15.7 Å². The van der Waals surface area contributed by atoms with Crippen molar-refractivity contribution in [2.45, 2.75) is 6.18 Å². The lowest BCUT2D eigenvalue weighted by Crippen LogP contribution is -2.04. The summed E-state index contributed by atoms with van der Waals surface area (Å²) in [5, 5.41) is 8.77. The zero-order valence-corrected chi connectivity index (χ0v) is 10.1. The number of nitriles is 1. The largest absolute Gasteiger partial charge is 0.455 e. The molecule has 102 valence electrons. The second-order valence-electron chi connectivity index (χ2n) is 3.99. The Morgan fingerprint density at radius 2 is 1.85 bits per heavy atom. The van der Waals surface area contributed by atoms with Crippen LogP contribution in [0.3, 0.4) is 0 Å². The van der Waals surface area contributed by atoms with E-state index in [1.807, 2.05) is 6.07 Å². The van der Waals surface area contributed by atoms with Crippen LogP contribution < -0.4 is 10.5 Å². The van der Waals surface area contributed by atoms with Gasteiger partial charge >= 0.3 is 6.18 Å². The standard InChI is InChI=1S/C14H9F3N2O/c15-14(16,17)10-2-1-3-11(7-10)20-13-6-9(8-18)4-5-12(13)19/h1-7H,19H2. The molecule has 2 N–H and O–H groups in total.